The number of nitrogens with two attached hydrogens (primary N) is 1. The Morgan fingerprint density at radius 1 is 1.38 bits per heavy atom. The van der Waals surface area contributed by atoms with Crippen LogP contribution in [0.25, 0.3) is 0 Å². The summed E-state index contributed by atoms with van der Waals surface area (Å²) in [5.74, 6) is 0.502. The van der Waals surface area contributed by atoms with Gasteiger partial charge in [0.05, 0.1) is 0 Å². The Balaban J connectivity index is 2.37. The summed E-state index contributed by atoms with van der Waals surface area (Å²) in [4.78, 5) is 27.1. The second-order valence-corrected chi connectivity index (χ2v) is 5.67. The van der Waals surface area contributed by atoms with Crippen LogP contribution in [-0.4, -0.2) is 45.6 Å². The van der Waals surface area contributed by atoms with Crippen LogP contribution in [0, 0.1) is 0 Å². The topological polar surface area (TPSA) is 117 Å². The van der Waals surface area contributed by atoms with Crippen molar-refractivity contribution in [3.63, 3.8) is 0 Å². The predicted molar refractivity (Wildman–Crippen MR) is 81.4 cm³/mol. The fourth-order valence-electron chi connectivity index (χ4n) is 1.48. The first-order valence-electron chi connectivity index (χ1n) is 6.57. The maximum atomic E-state index is 11.7. The lowest BCUT2D eigenvalue weighted by molar-refractivity contribution is -0.131. The van der Waals surface area contributed by atoms with Crippen molar-refractivity contribution >= 4 is 23.6 Å². The molecular weight excluding hydrogens is 292 g/mol. The molecule has 2 atom stereocenters. The third-order valence-electron chi connectivity index (χ3n) is 2.72. The standard InChI is InChI=1S/C13H20N4O3S/c1-2-21-8-5-10(14)11(18)13(20)17-16-12(19)9-3-6-15-7-4-9/h3-4,6-7,10-11,18H,2,5,8,14H2,1H3,(H,16,19)(H,17,20)/t10-,11?/m1/s1. The Kier molecular flexibility index (Phi) is 7.73. The summed E-state index contributed by atoms with van der Waals surface area (Å²) in [6.07, 6.45) is 2.09. The Morgan fingerprint density at radius 3 is 2.67 bits per heavy atom. The maximum absolute atomic E-state index is 11.7. The van der Waals surface area contributed by atoms with E-state index in [0.717, 1.165) is 11.5 Å². The molecule has 0 saturated carbocycles. The first kappa shape index (κ1) is 17.4. The number of aliphatic hydroxyl groups is 1. The molecule has 8 heteroatoms. The van der Waals surface area contributed by atoms with Crippen LogP contribution in [0.3, 0.4) is 0 Å². The Bertz CT molecular complexity index is 458. The van der Waals surface area contributed by atoms with E-state index in [9.17, 15) is 14.7 Å². The Labute approximate surface area is 127 Å². The van der Waals surface area contributed by atoms with Crippen molar-refractivity contribution in [2.45, 2.75) is 25.5 Å². The smallest absolute Gasteiger partial charge is 0.269 e. The third kappa shape index (κ3) is 6.11. The van der Waals surface area contributed by atoms with E-state index in [1.54, 1.807) is 11.8 Å². The average Bonchev–Trinajstić information content (AvgIpc) is 2.52. The first-order chi connectivity index (χ1) is 10.1. The molecule has 0 saturated heterocycles. The number of thioether (sulfide) groups is 1. The van der Waals surface area contributed by atoms with E-state index in [4.69, 9.17) is 5.73 Å². The molecule has 1 aromatic heterocycles. The van der Waals surface area contributed by atoms with Gasteiger partial charge in [0.25, 0.3) is 11.8 Å². The summed E-state index contributed by atoms with van der Waals surface area (Å²) in [5.41, 5.74) is 10.5. The van der Waals surface area contributed by atoms with E-state index >= 15 is 0 Å². The molecule has 0 aromatic carbocycles. The molecule has 1 rings (SSSR count). The fraction of sp³-hybridized carbons (Fsp3) is 0.462. The third-order valence-corrected chi connectivity index (χ3v) is 3.65. The summed E-state index contributed by atoms with van der Waals surface area (Å²) >= 11 is 1.68. The van der Waals surface area contributed by atoms with E-state index in [1.807, 2.05) is 6.92 Å². The van der Waals surface area contributed by atoms with E-state index < -0.39 is 24.0 Å². The van der Waals surface area contributed by atoms with Gasteiger partial charge >= 0.3 is 0 Å². The van der Waals surface area contributed by atoms with Gasteiger partial charge in [0.15, 0.2) is 0 Å². The zero-order valence-corrected chi connectivity index (χ0v) is 12.6. The van der Waals surface area contributed by atoms with Gasteiger partial charge in [0.1, 0.15) is 6.10 Å². The number of rotatable bonds is 7. The molecule has 0 aliphatic carbocycles. The van der Waals surface area contributed by atoms with Crippen molar-refractivity contribution in [1.82, 2.24) is 15.8 Å². The van der Waals surface area contributed by atoms with Gasteiger partial charge in [0, 0.05) is 24.0 Å². The molecular formula is C13H20N4O3S. The minimum Gasteiger partial charge on any atom is -0.382 e. The molecule has 0 aliphatic rings. The lowest BCUT2D eigenvalue weighted by Gasteiger charge is -2.18. The molecule has 7 nitrogen and oxygen atoms in total. The quantitative estimate of drug-likeness (QED) is 0.405. The molecule has 5 N–H and O–H groups in total. The van der Waals surface area contributed by atoms with Crippen LogP contribution in [0.1, 0.15) is 23.7 Å². The van der Waals surface area contributed by atoms with Crippen LogP contribution < -0.4 is 16.6 Å². The first-order valence-corrected chi connectivity index (χ1v) is 7.73. The number of carbonyl (C=O) groups excluding carboxylic acids is 2. The van der Waals surface area contributed by atoms with Crippen molar-refractivity contribution in [3.8, 4) is 0 Å². The zero-order valence-electron chi connectivity index (χ0n) is 11.8. The van der Waals surface area contributed by atoms with Gasteiger partial charge in [0.2, 0.25) is 0 Å². The highest BCUT2D eigenvalue weighted by Gasteiger charge is 2.23. The van der Waals surface area contributed by atoms with Gasteiger partial charge in [-0.3, -0.25) is 25.4 Å². The van der Waals surface area contributed by atoms with E-state index in [-0.39, 0.29) is 0 Å². The molecule has 21 heavy (non-hydrogen) atoms. The van der Waals surface area contributed by atoms with E-state index in [1.165, 1.54) is 24.5 Å². The Hall–Kier alpha value is -1.64. The van der Waals surface area contributed by atoms with Crippen LogP contribution in [0.5, 0.6) is 0 Å². The van der Waals surface area contributed by atoms with Crippen molar-refractivity contribution in [3.05, 3.63) is 30.1 Å². The zero-order chi connectivity index (χ0) is 15.7. The molecule has 1 heterocycles. The number of carbonyl (C=O) groups is 2. The number of hydrazine groups is 1. The van der Waals surface area contributed by atoms with Crippen molar-refractivity contribution in [2.24, 2.45) is 5.73 Å². The monoisotopic (exact) mass is 312 g/mol. The van der Waals surface area contributed by atoms with Gasteiger partial charge in [-0.15, -0.1) is 0 Å². The van der Waals surface area contributed by atoms with E-state index in [0.29, 0.717) is 12.0 Å². The summed E-state index contributed by atoms with van der Waals surface area (Å²) in [5, 5.41) is 9.76. The van der Waals surface area contributed by atoms with Crippen LogP contribution in [0.4, 0.5) is 0 Å². The number of nitrogens with one attached hydrogen (secondary N) is 2. The lowest BCUT2D eigenvalue weighted by atomic mass is 10.1. The number of pyridine rings is 1. The average molecular weight is 312 g/mol. The number of hydrogen-bond acceptors (Lipinski definition) is 6. The minimum atomic E-state index is -1.36. The lowest BCUT2D eigenvalue weighted by Crippen LogP contribution is -2.52. The maximum Gasteiger partial charge on any atom is 0.269 e. The van der Waals surface area contributed by atoms with Gasteiger partial charge in [-0.2, -0.15) is 11.8 Å². The molecule has 0 bridgehead atoms. The van der Waals surface area contributed by atoms with Crippen molar-refractivity contribution in [1.29, 1.82) is 0 Å². The number of amides is 2. The molecule has 116 valence electrons. The highest BCUT2D eigenvalue weighted by molar-refractivity contribution is 7.99. The minimum absolute atomic E-state index is 0.350. The summed E-state index contributed by atoms with van der Waals surface area (Å²) in [6, 6.07) is 2.35. The molecule has 2 amide bonds. The normalized spacial score (nSPS) is 13.3. The highest BCUT2D eigenvalue weighted by atomic mass is 32.2. The second kappa shape index (κ2) is 9.32. The van der Waals surface area contributed by atoms with Gasteiger partial charge in [-0.05, 0) is 30.1 Å². The number of aliphatic hydroxyl groups excluding tert-OH is 1. The van der Waals surface area contributed by atoms with Crippen LogP contribution in [0.2, 0.25) is 0 Å². The fourth-order valence-corrected chi connectivity index (χ4v) is 2.21. The highest BCUT2D eigenvalue weighted by Crippen LogP contribution is 2.05. The number of aromatic nitrogens is 1. The molecule has 0 radical (unpaired) electrons. The molecule has 0 spiro atoms. The summed E-state index contributed by atoms with van der Waals surface area (Å²) < 4.78 is 0. The molecule has 0 aliphatic heterocycles. The molecule has 0 fully saturated rings. The number of nitrogens with zero attached hydrogens (tertiary/aromatic N) is 1. The molecule has 1 aromatic rings. The van der Waals surface area contributed by atoms with E-state index in [2.05, 4.69) is 15.8 Å². The van der Waals surface area contributed by atoms with Crippen LogP contribution in [-0.2, 0) is 4.79 Å². The van der Waals surface area contributed by atoms with Gasteiger partial charge < -0.3 is 10.8 Å². The molecule has 1 unspecified atom stereocenters. The number of hydrogen-bond donors (Lipinski definition) is 4. The largest absolute Gasteiger partial charge is 0.382 e. The Morgan fingerprint density at radius 2 is 2.05 bits per heavy atom. The van der Waals surface area contributed by atoms with Crippen molar-refractivity contribution < 1.29 is 14.7 Å². The van der Waals surface area contributed by atoms with Gasteiger partial charge in [-0.1, -0.05) is 6.92 Å². The predicted octanol–water partition coefficient (Wildman–Crippen LogP) is -0.326. The summed E-state index contributed by atoms with van der Waals surface area (Å²) in [6.45, 7) is 2.02. The SMILES string of the molecule is CCSCC[C@@H](N)C(O)C(=O)NNC(=O)c1ccncc1. The second-order valence-electron chi connectivity index (χ2n) is 4.27. The van der Waals surface area contributed by atoms with Crippen LogP contribution >= 0.6 is 11.8 Å². The summed E-state index contributed by atoms with van der Waals surface area (Å²) in [7, 11) is 0. The van der Waals surface area contributed by atoms with Gasteiger partial charge in [-0.25, -0.2) is 0 Å². The van der Waals surface area contributed by atoms with Crippen molar-refractivity contribution in [2.75, 3.05) is 11.5 Å². The van der Waals surface area contributed by atoms with Crippen LogP contribution in [0.15, 0.2) is 24.5 Å².